The van der Waals surface area contributed by atoms with Crippen LogP contribution in [0.2, 0.25) is 0 Å². The molecule has 0 amide bonds. The third-order valence-electron chi connectivity index (χ3n) is 6.57. The number of phenols is 2. The van der Waals surface area contributed by atoms with E-state index in [9.17, 15) is 34.8 Å². The topological polar surface area (TPSA) is 145 Å². The van der Waals surface area contributed by atoms with Gasteiger partial charge in [0.15, 0.2) is 5.60 Å². The van der Waals surface area contributed by atoms with Gasteiger partial charge in [-0.1, -0.05) is 6.07 Å². The summed E-state index contributed by atoms with van der Waals surface area (Å²) < 4.78 is 8.37. The van der Waals surface area contributed by atoms with E-state index in [4.69, 9.17) is 4.74 Å². The van der Waals surface area contributed by atoms with E-state index in [1.165, 1.54) is 6.07 Å². The molecular weight excluding hydrogens is 786 g/mol. The highest BCUT2D eigenvalue weighted by Crippen LogP contribution is 2.56. The van der Waals surface area contributed by atoms with Crippen molar-refractivity contribution in [3.05, 3.63) is 87.2 Å². The molecule has 0 bridgehead atoms. The average Bonchev–Trinajstić information content (AvgIpc) is 3.18. The molecule has 210 valence electrons. The normalized spacial score (nSPS) is 16.2. The molecule has 9 nitrogen and oxygen atoms in total. The molecule has 3 aromatic carbocycles. The van der Waals surface area contributed by atoms with Crippen molar-refractivity contribution in [1.29, 1.82) is 0 Å². The number of aromatic hydroxyl groups is 2. The fraction of sp³-hybridized carbons (Fsp3) is 0.222. The smallest absolute Gasteiger partial charge is 0.341 e. The van der Waals surface area contributed by atoms with Crippen molar-refractivity contribution in [2.24, 2.45) is 0 Å². The van der Waals surface area contributed by atoms with E-state index >= 15 is 0 Å². The maximum absolute atomic E-state index is 13.5. The maximum Gasteiger partial charge on any atom is 0.341 e. The number of halogens is 4. The van der Waals surface area contributed by atoms with Gasteiger partial charge in [0.1, 0.15) is 11.5 Å². The summed E-state index contributed by atoms with van der Waals surface area (Å²) >= 11 is 14.2. The van der Waals surface area contributed by atoms with Gasteiger partial charge in [-0.25, -0.2) is 4.79 Å². The number of rotatable bonds is 8. The van der Waals surface area contributed by atoms with Gasteiger partial charge in [-0.05, 0) is 113 Å². The molecule has 1 aliphatic heterocycles. The van der Waals surface area contributed by atoms with Gasteiger partial charge in [-0.2, -0.15) is 0 Å². The Morgan fingerprint density at radius 1 is 0.850 bits per heavy atom. The molecule has 0 fully saturated rings. The fourth-order valence-corrected chi connectivity index (χ4v) is 7.37. The lowest BCUT2D eigenvalue weighted by molar-refractivity contribution is -0.142. The number of carboxylic acid groups (broad SMARTS) is 2. The summed E-state index contributed by atoms with van der Waals surface area (Å²) in [6.45, 7) is 1.98. The van der Waals surface area contributed by atoms with E-state index in [0.717, 1.165) is 4.90 Å². The van der Waals surface area contributed by atoms with E-state index in [1.54, 1.807) is 38.1 Å². The van der Waals surface area contributed by atoms with Gasteiger partial charge in [0.2, 0.25) is 0 Å². The lowest BCUT2D eigenvalue weighted by Gasteiger charge is -2.33. The number of phenolic OH excluding ortho intramolecular Hbond substituents is 2. The summed E-state index contributed by atoms with van der Waals surface area (Å²) in [7, 11) is 0. The molecule has 40 heavy (non-hydrogen) atoms. The first-order valence-corrected chi connectivity index (χ1v) is 14.7. The van der Waals surface area contributed by atoms with Crippen LogP contribution in [0.25, 0.3) is 0 Å². The quantitative estimate of drug-likeness (QED) is 0.119. The number of benzene rings is 3. The van der Waals surface area contributed by atoms with Crippen molar-refractivity contribution in [3.63, 3.8) is 0 Å². The number of nitrogens with zero attached hydrogens (tertiary/aromatic N) is 1. The number of carboxylic acids is 2. The molecule has 0 radical (unpaired) electrons. The number of aliphatic carboxylic acids is 2. The van der Waals surface area contributed by atoms with Crippen LogP contribution in [0.5, 0.6) is 11.5 Å². The lowest BCUT2D eigenvalue weighted by Crippen LogP contribution is -2.34. The number of carbonyl (C=O) groups is 3. The van der Waals surface area contributed by atoms with Gasteiger partial charge < -0.3 is 25.2 Å². The molecule has 4 N–H and O–H groups in total. The third-order valence-corrected chi connectivity index (χ3v) is 11.3. The first-order chi connectivity index (χ1) is 18.7. The zero-order valence-corrected chi connectivity index (χ0v) is 27.2. The molecule has 0 saturated heterocycles. The Hall–Kier alpha value is -2.45. The van der Waals surface area contributed by atoms with Crippen molar-refractivity contribution in [2.75, 3.05) is 13.1 Å². The predicted molar refractivity (Wildman–Crippen MR) is 159 cm³/mol. The third kappa shape index (κ3) is 5.29. The van der Waals surface area contributed by atoms with Crippen molar-refractivity contribution in [2.45, 2.75) is 26.0 Å². The van der Waals surface area contributed by atoms with Crippen LogP contribution in [0, 0.1) is 13.8 Å². The molecule has 0 aliphatic carbocycles. The van der Waals surface area contributed by atoms with Crippen LogP contribution in [-0.4, -0.2) is 56.3 Å². The van der Waals surface area contributed by atoms with Crippen molar-refractivity contribution < 1.29 is 39.5 Å². The Labute approximate surface area is 262 Å². The molecule has 1 atom stereocenters. The highest BCUT2D eigenvalue weighted by Gasteiger charge is 2.52. The summed E-state index contributed by atoms with van der Waals surface area (Å²) in [6, 6.07) is 8.03. The van der Waals surface area contributed by atoms with Gasteiger partial charge in [-0.3, -0.25) is 14.5 Å². The molecular formula is C27H21Br4NO8. The summed E-state index contributed by atoms with van der Waals surface area (Å²) in [6.07, 6.45) is 0. The van der Waals surface area contributed by atoms with E-state index in [2.05, 4.69) is 63.7 Å². The zero-order chi connectivity index (χ0) is 29.7. The Kier molecular flexibility index (Phi) is 8.72. The number of carbonyl (C=O) groups excluding carboxylic acids is 1. The number of hydrogen-bond acceptors (Lipinski definition) is 7. The van der Waals surface area contributed by atoms with Crippen molar-refractivity contribution in [3.8, 4) is 11.5 Å². The predicted octanol–water partition coefficient (Wildman–Crippen LogP) is 6.20. The summed E-state index contributed by atoms with van der Waals surface area (Å²) in [4.78, 5) is 37.5. The fourth-order valence-electron chi connectivity index (χ4n) is 4.81. The van der Waals surface area contributed by atoms with Crippen LogP contribution < -0.4 is 0 Å². The Morgan fingerprint density at radius 2 is 1.43 bits per heavy atom. The minimum absolute atomic E-state index is 0.0428. The van der Waals surface area contributed by atoms with E-state index < -0.39 is 36.6 Å². The van der Waals surface area contributed by atoms with Crippen LogP contribution in [0.4, 0.5) is 0 Å². The highest BCUT2D eigenvalue weighted by molar-refractivity contribution is 9.15. The Balaban J connectivity index is 2.06. The Morgan fingerprint density at radius 3 is 2.00 bits per heavy atom. The van der Waals surface area contributed by atoms with Gasteiger partial charge in [0.25, 0.3) is 0 Å². The van der Waals surface area contributed by atoms with Gasteiger partial charge in [0, 0.05) is 46.7 Å². The number of ether oxygens (including phenoxy) is 1. The van der Waals surface area contributed by atoms with Gasteiger partial charge >= 0.3 is 17.9 Å². The molecule has 0 saturated carbocycles. The van der Waals surface area contributed by atoms with Crippen LogP contribution >= 0.6 is 63.7 Å². The second-order valence-corrected chi connectivity index (χ2v) is 12.5. The molecule has 3 aromatic rings. The SMILES string of the molecule is Cc1cc(C2(c3cc(C)c(O)c(CN(CC(=O)O)CC(=O)O)c3)OC(=O)c3c(Br)c(Br)c(Br)c(Br)c32)ccc1O. The van der Waals surface area contributed by atoms with E-state index in [1.807, 2.05) is 0 Å². The summed E-state index contributed by atoms with van der Waals surface area (Å²) in [5, 5.41) is 39.8. The minimum Gasteiger partial charge on any atom is -0.508 e. The number of cyclic esters (lactones) is 1. The van der Waals surface area contributed by atoms with Crippen LogP contribution in [-0.2, 0) is 26.5 Å². The first-order valence-electron chi connectivity index (χ1n) is 11.6. The van der Waals surface area contributed by atoms with Gasteiger partial charge in [0.05, 0.1) is 18.7 Å². The van der Waals surface area contributed by atoms with Crippen LogP contribution in [0.1, 0.15) is 43.7 Å². The second-order valence-electron chi connectivity index (χ2n) is 9.31. The van der Waals surface area contributed by atoms with Gasteiger partial charge in [-0.15, -0.1) is 0 Å². The molecule has 0 spiro atoms. The van der Waals surface area contributed by atoms with Crippen molar-refractivity contribution >= 4 is 81.6 Å². The number of fused-ring (bicyclic) bond motifs is 1. The molecule has 13 heteroatoms. The average molecular weight is 807 g/mol. The monoisotopic (exact) mass is 803 g/mol. The Bertz CT molecular complexity index is 1580. The second kappa shape index (κ2) is 11.4. The van der Waals surface area contributed by atoms with Crippen molar-refractivity contribution in [1.82, 2.24) is 4.90 Å². The zero-order valence-electron chi connectivity index (χ0n) is 20.9. The minimum atomic E-state index is -1.58. The lowest BCUT2D eigenvalue weighted by atomic mass is 9.78. The molecule has 1 heterocycles. The van der Waals surface area contributed by atoms with Crippen LogP contribution in [0.15, 0.2) is 48.2 Å². The van der Waals surface area contributed by atoms with Crippen LogP contribution in [0.3, 0.4) is 0 Å². The molecule has 0 aromatic heterocycles. The maximum atomic E-state index is 13.5. The number of esters is 1. The van der Waals surface area contributed by atoms with E-state index in [-0.39, 0.29) is 29.2 Å². The number of hydrogen-bond donors (Lipinski definition) is 4. The molecule has 1 unspecified atom stereocenters. The largest absolute Gasteiger partial charge is 0.508 e. The standard InChI is InChI=1S/C27H21Br4NO8/c1-11-5-14(3-4-16(11)33)27(20-19(26(39)40-27)21(28)23(30)24(31)22(20)29)15-6-12(2)25(38)13(7-15)8-32(9-17(34)35)10-18(36)37/h3-7,33,38H,8-10H2,1-2H3,(H,34,35)(H,36,37). The summed E-state index contributed by atoms with van der Waals surface area (Å²) in [5.41, 5.74) is 1.20. The first kappa shape index (κ1) is 30.5. The summed E-state index contributed by atoms with van der Waals surface area (Å²) in [5.74, 6) is -3.20. The van der Waals surface area contributed by atoms with E-state index in [0.29, 0.717) is 45.7 Å². The highest BCUT2D eigenvalue weighted by atomic mass is 79.9. The number of aryl methyl sites for hydroxylation is 2. The molecule has 1 aliphatic rings. The molecule has 4 rings (SSSR count).